The molecule has 4 heteroatoms. The molecule has 0 saturated heterocycles. The van der Waals surface area contributed by atoms with Crippen molar-refractivity contribution in [3.05, 3.63) is 70.5 Å². The highest BCUT2D eigenvalue weighted by Crippen LogP contribution is 2.32. The van der Waals surface area contributed by atoms with Crippen molar-refractivity contribution in [2.75, 3.05) is 0 Å². The van der Waals surface area contributed by atoms with E-state index in [1.54, 1.807) is 12.3 Å². The topological polar surface area (TPSA) is 42.0 Å². The van der Waals surface area contributed by atoms with E-state index in [1.807, 2.05) is 36.4 Å². The van der Waals surface area contributed by atoms with Gasteiger partial charge >= 0.3 is 0 Å². The molecule has 21 heavy (non-hydrogen) atoms. The third kappa shape index (κ3) is 3.31. The highest BCUT2D eigenvalue weighted by Gasteiger charge is 2.23. The Morgan fingerprint density at radius 2 is 2.24 bits per heavy atom. The predicted molar refractivity (Wildman–Crippen MR) is 83.9 cm³/mol. The molecule has 3 nitrogen and oxygen atoms in total. The molecule has 0 aliphatic heterocycles. The van der Waals surface area contributed by atoms with Crippen LogP contribution in [0.25, 0.3) is 6.08 Å². The van der Waals surface area contributed by atoms with Gasteiger partial charge in [0.1, 0.15) is 0 Å². The number of nitrogens with one attached hydrogen (secondary N) is 1. The Hall–Kier alpha value is -2.13. The van der Waals surface area contributed by atoms with E-state index >= 15 is 0 Å². The number of nitrogens with zero attached hydrogens (tertiary/aromatic N) is 1. The molecule has 1 aliphatic rings. The predicted octanol–water partition coefficient (Wildman–Crippen LogP) is 3.55. The van der Waals surface area contributed by atoms with Crippen LogP contribution in [0.15, 0.2) is 48.7 Å². The molecule has 106 valence electrons. The zero-order valence-electron chi connectivity index (χ0n) is 11.4. The van der Waals surface area contributed by atoms with Gasteiger partial charge < -0.3 is 5.32 Å². The molecule has 1 amide bonds. The molecule has 0 fully saturated rings. The van der Waals surface area contributed by atoms with Crippen LogP contribution in [-0.2, 0) is 11.2 Å². The minimum atomic E-state index is -0.103. The number of aromatic nitrogens is 1. The number of amides is 1. The molecule has 0 radical (unpaired) electrons. The molecular weight excluding hydrogens is 284 g/mol. The summed E-state index contributed by atoms with van der Waals surface area (Å²) in [4.78, 5) is 16.1. The average molecular weight is 299 g/mol. The van der Waals surface area contributed by atoms with E-state index in [-0.39, 0.29) is 11.9 Å². The van der Waals surface area contributed by atoms with Crippen molar-refractivity contribution in [1.82, 2.24) is 10.3 Å². The summed E-state index contributed by atoms with van der Waals surface area (Å²) in [6, 6.07) is 11.5. The van der Waals surface area contributed by atoms with Crippen molar-refractivity contribution in [3.63, 3.8) is 0 Å². The first-order chi connectivity index (χ1) is 10.2. The Balaban J connectivity index is 1.66. The average Bonchev–Trinajstić information content (AvgIpc) is 2.88. The smallest absolute Gasteiger partial charge is 0.244 e. The third-order valence-corrected chi connectivity index (χ3v) is 3.83. The number of pyridine rings is 1. The number of carbonyl (C=O) groups is 1. The minimum Gasteiger partial charge on any atom is -0.346 e. The fraction of sp³-hybridized carbons (Fsp3) is 0.176. The first-order valence-corrected chi connectivity index (χ1v) is 7.28. The summed E-state index contributed by atoms with van der Waals surface area (Å²) in [6.07, 6.45) is 6.81. The van der Waals surface area contributed by atoms with Crippen molar-refractivity contribution < 1.29 is 4.79 Å². The maximum atomic E-state index is 12.0. The molecular formula is C17H15ClN2O. The Morgan fingerprint density at radius 1 is 1.33 bits per heavy atom. The largest absolute Gasteiger partial charge is 0.346 e. The molecule has 1 heterocycles. The van der Waals surface area contributed by atoms with Crippen LogP contribution in [0.4, 0.5) is 0 Å². The van der Waals surface area contributed by atoms with Gasteiger partial charge in [0.15, 0.2) is 0 Å². The number of hydrogen-bond acceptors (Lipinski definition) is 2. The summed E-state index contributed by atoms with van der Waals surface area (Å²) in [5.74, 6) is -0.103. The van der Waals surface area contributed by atoms with Gasteiger partial charge in [-0.2, -0.15) is 0 Å². The zero-order chi connectivity index (χ0) is 14.7. The van der Waals surface area contributed by atoms with Crippen molar-refractivity contribution in [2.24, 2.45) is 0 Å². The van der Waals surface area contributed by atoms with E-state index in [0.29, 0.717) is 0 Å². The molecule has 1 aromatic heterocycles. The minimum absolute atomic E-state index is 0.0677. The highest BCUT2D eigenvalue weighted by molar-refractivity contribution is 6.30. The van der Waals surface area contributed by atoms with E-state index in [0.717, 1.165) is 23.6 Å². The number of halogens is 1. The quantitative estimate of drug-likeness (QED) is 0.881. The Labute approximate surface area is 128 Å². The summed E-state index contributed by atoms with van der Waals surface area (Å²) in [5, 5.41) is 3.77. The fourth-order valence-electron chi connectivity index (χ4n) is 2.59. The lowest BCUT2D eigenvalue weighted by molar-refractivity contribution is -0.117. The zero-order valence-corrected chi connectivity index (χ0v) is 12.2. The van der Waals surface area contributed by atoms with Gasteiger partial charge in [0.05, 0.1) is 11.7 Å². The van der Waals surface area contributed by atoms with Gasteiger partial charge in [-0.05, 0) is 54.3 Å². The molecule has 0 spiro atoms. The summed E-state index contributed by atoms with van der Waals surface area (Å²) < 4.78 is 0. The van der Waals surface area contributed by atoms with E-state index in [1.165, 1.54) is 17.2 Å². The van der Waals surface area contributed by atoms with Gasteiger partial charge in [-0.3, -0.25) is 9.78 Å². The molecule has 1 N–H and O–H groups in total. The van der Waals surface area contributed by atoms with E-state index in [4.69, 9.17) is 11.6 Å². The van der Waals surface area contributed by atoms with Crippen LogP contribution < -0.4 is 5.32 Å². The van der Waals surface area contributed by atoms with Gasteiger partial charge in [0, 0.05) is 17.3 Å². The van der Waals surface area contributed by atoms with Crippen molar-refractivity contribution in [2.45, 2.75) is 18.9 Å². The highest BCUT2D eigenvalue weighted by atomic mass is 35.5. The number of fused-ring (bicyclic) bond motifs is 1. The van der Waals surface area contributed by atoms with E-state index in [9.17, 15) is 4.79 Å². The monoisotopic (exact) mass is 298 g/mol. The van der Waals surface area contributed by atoms with E-state index in [2.05, 4.69) is 10.3 Å². The van der Waals surface area contributed by atoms with Gasteiger partial charge in [0.2, 0.25) is 5.91 Å². The first kappa shape index (κ1) is 13.8. The maximum Gasteiger partial charge on any atom is 0.244 e. The second kappa shape index (κ2) is 6.10. The van der Waals surface area contributed by atoms with Crippen LogP contribution in [0.2, 0.25) is 5.02 Å². The van der Waals surface area contributed by atoms with Crippen LogP contribution in [0.1, 0.15) is 29.3 Å². The summed E-state index contributed by atoms with van der Waals surface area (Å²) in [5.41, 5.74) is 3.16. The van der Waals surface area contributed by atoms with Gasteiger partial charge in [-0.25, -0.2) is 0 Å². The first-order valence-electron chi connectivity index (χ1n) is 6.90. The lowest BCUT2D eigenvalue weighted by atomic mass is 10.1. The Morgan fingerprint density at radius 3 is 3.05 bits per heavy atom. The molecule has 1 unspecified atom stereocenters. The lowest BCUT2D eigenvalue weighted by Gasteiger charge is -2.12. The number of carbonyl (C=O) groups excluding carboxylic acids is 1. The summed E-state index contributed by atoms with van der Waals surface area (Å²) in [7, 11) is 0. The lowest BCUT2D eigenvalue weighted by Crippen LogP contribution is -2.25. The molecule has 0 bridgehead atoms. The molecule has 1 aromatic carbocycles. The SMILES string of the molecule is O=C(C=Cc1ccccn1)NC1CCc2cc(Cl)ccc21. The van der Waals surface area contributed by atoms with Crippen LogP contribution in [-0.4, -0.2) is 10.9 Å². The maximum absolute atomic E-state index is 12.0. The molecule has 3 rings (SSSR count). The second-order valence-electron chi connectivity index (χ2n) is 5.03. The third-order valence-electron chi connectivity index (χ3n) is 3.59. The second-order valence-corrected chi connectivity index (χ2v) is 5.47. The van der Waals surface area contributed by atoms with Crippen LogP contribution in [0, 0.1) is 0 Å². The fourth-order valence-corrected chi connectivity index (χ4v) is 2.79. The normalized spacial score (nSPS) is 16.9. The van der Waals surface area contributed by atoms with Crippen molar-refractivity contribution in [1.29, 1.82) is 0 Å². The molecule has 1 aliphatic carbocycles. The number of aryl methyl sites for hydroxylation is 1. The molecule has 0 saturated carbocycles. The van der Waals surface area contributed by atoms with Crippen LogP contribution in [0.3, 0.4) is 0 Å². The van der Waals surface area contributed by atoms with Gasteiger partial charge in [-0.15, -0.1) is 0 Å². The van der Waals surface area contributed by atoms with E-state index < -0.39 is 0 Å². The Kier molecular flexibility index (Phi) is 4.02. The van der Waals surface area contributed by atoms with Crippen LogP contribution in [0.5, 0.6) is 0 Å². The number of hydrogen-bond donors (Lipinski definition) is 1. The molecule has 2 aromatic rings. The Bertz CT molecular complexity index is 682. The number of rotatable bonds is 3. The van der Waals surface area contributed by atoms with Crippen molar-refractivity contribution >= 4 is 23.6 Å². The van der Waals surface area contributed by atoms with Crippen molar-refractivity contribution in [3.8, 4) is 0 Å². The standard InChI is InChI=1S/C17H15ClN2O/c18-13-5-7-15-12(11-13)4-8-16(15)20-17(21)9-6-14-3-1-2-10-19-14/h1-3,5-7,9-11,16H,4,8H2,(H,20,21). The van der Waals surface area contributed by atoms with Crippen LogP contribution >= 0.6 is 11.6 Å². The molecule has 1 atom stereocenters. The summed E-state index contributed by atoms with van der Waals surface area (Å²) >= 11 is 5.99. The van der Waals surface area contributed by atoms with Gasteiger partial charge in [-0.1, -0.05) is 23.7 Å². The van der Waals surface area contributed by atoms with Gasteiger partial charge in [0.25, 0.3) is 0 Å². The summed E-state index contributed by atoms with van der Waals surface area (Å²) in [6.45, 7) is 0. The number of benzene rings is 1.